The van der Waals surface area contributed by atoms with Crippen LogP contribution in [0.2, 0.25) is 0 Å². The number of aliphatic imine (C=N–C) groups is 1. The first-order valence-electron chi connectivity index (χ1n) is 9.11. The third-order valence-corrected chi connectivity index (χ3v) is 6.17. The van der Waals surface area contributed by atoms with Gasteiger partial charge in [0.05, 0.1) is 12.1 Å². The van der Waals surface area contributed by atoms with E-state index in [9.17, 15) is 4.79 Å². The van der Waals surface area contributed by atoms with Gasteiger partial charge in [-0.2, -0.15) is 5.10 Å². The van der Waals surface area contributed by atoms with E-state index in [-0.39, 0.29) is 0 Å². The third kappa shape index (κ3) is 3.17. The molecule has 4 rings (SSSR count). The summed E-state index contributed by atoms with van der Waals surface area (Å²) in [6.07, 6.45) is 5.87. The van der Waals surface area contributed by atoms with E-state index in [1.165, 1.54) is 0 Å². The summed E-state index contributed by atoms with van der Waals surface area (Å²) >= 11 is 1.69. The van der Waals surface area contributed by atoms with Gasteiger partial charge in [0, 0.05) is 51.5 Å². The molecule has 0 saturated heterocycles. The van der Waals surface area contributed by atoms with Crippen molar-refractivity contribution in [3.05, 3.63) is 36.2 Å². The van der Waals surface area contributed by atoms with Crippen molar-refractivity contribution in [2.75, 3.05) is 19.6 Å². The van der Waals surface area contributed by atoms with E-state index in [1.54, 1.807) is 24.2 Å². The molecule has 1 amide bonds. The van der Waals surface area contributed by atoms with Gasteiger partial charge in [-0.15, -0.1) is 0 Å². The highest BCUT2D eigenvalue weighted by molar-refractivity contribution is 8.00. The fourth-order valence-corrected chi connectivity index (χ4v) is 4.62. The molecule has 0 radical (unpaired) electrons. The number of likely N-dealkylation sites (N-methyl/N-ethyl adjacent to an activating group) is 1. The van der Waals surface area contributed by atoms with Gasteiger partial charge in [0.1, 0.15) is 5.69 Å². The molecule has 0 unspecified atom stereocenters. The summed E-state index contributed by atoms with van der Waals surface area (Å²) in [5.74, 6) is 0. The average Bonchev–Trinajstić information content (AvgIpc) is 3.08. The fourth-order valence-electron chi connectivity index (χ4n) is 3.47. The molecule has 3 aromatic rings. The number of aromatic nitrogens is 3. The van der Waals surface area contributed by atoms with Crippen LogP contribution >= 0.6 is 11.8 Å². The highest BCUT2D eigenvalue weighted by atomic mass is 32.2. The minimum atomic E-state index is 0.566. The molecule has 1 aromatic carbocycles. The lowest BCUT2D eigenvalue weighted by molar-refractivity contribution is -0.106. The molecule has 138 valence electrons. The van der Waals surface area contributed by atoms with Gasteiger partial charge in [-0.3, -0.25) is 14.5 Å². The minimum absolute atomic E-state index is 0.566. The van der Waals surface area contributed by atoms with Crippen LogP contribution in [0.1, 0.15) is 19.4 Å². The van der Waals surface area contributed by atoms with Crippen LogP contribution in [-0.4, -0.2) is 51.9 Å². The normalized spacial score (nSPS) is 12.9. The topological polar surface area (TPSA) is 63.4 Å². The lowest BCUT2D eigenvalue weighted by Crippen LogP contribution is -2.27. The van der Waals surface area contributed by atoms with Crippen molar-refractivity contribution < 1.29 is 4.79 Å². The predicted molar refractivity (Wildman–Crippen MR) is 109 cm³/mol. The highest BCUT2D eigenvalue weighted by Crippen LogP contribution is 2.48. The first-order chi connectivity index (χ1) is 13.3. The second kappa shape index (κ2) is 7.62. The maximum Gasteiger partial charge on any atom is 0.232 e. The van der Waals surface area contributed by atoms with Crippen molar-refractivity contribution in [3.8, 4) is 11.3 Å². The number of hydrogen-bond donors (Lipinski definition) is 0. The van der Waals surface area contributed by atoms with Gasteiger partial charge in [-0.1, -0.05) is 31.7 Å². The van der Waals surface area contributed by atoms with Gasteiger partial charge in [-0.05, 0) is 25.2 Å². The number of nitrogens with zero attached hydrogens (tertiary/aromatic N) is 5. The van der Waals surface area contributed by atoms with E-state index >= 15 is 0 Å². The number of carbonyl (C=O) groups excluding carboxylic acids is 1. The number of hydrogen-bond acceptors (Lipinski definition) is 5. The zero-order valence-electron chi connectivity index (χ0n) is 15.4. The van der Waals surface area contributed by atoms with E-state index < -0.39 is 0 Å². The number of benzene rings is 1. The molecule has 1 aliphatic heterocycles. The van der Waals surface area contributed by atoms with Crippen molar-refractivity contribution in [1.82, 2.24) is 19.7 Å². The summed E-state index contributed by atoms with van der Waals surface area (Å²) in [5.41, 5.74) is 4.07. The third-order valence-electron chi connectivity index (χ3n) is 4.95. The number of rotatable bonds is 7. The molecule has 0 aliphatic carbocycles. The molecule has 2 aromatic heterocycles. The van der Waals surface area contributed by atoms with Crippen LogP contribution in [0.4, 0.5) is 0 Å². The SMILES string of the molecule is CCN(CC)CCn1nc2c3c(c(C=NC=O)ccc31)Sc1ccncc1-2. The molecule has 27 heavy (non-hydrogen) atoms. The molecule has 0 bridgehead atoms. The molecule has 0 spiro atoms. The molecule has 1 aliphatic rings. The second-order valence-corrected chi connectivity index (χ2v) is 7.39. The van der Waals surface area contributed by atoms with Crippen molar-refractivity contribution >= 4 is 35.3 Å². The Morgan fingerprint density at radius 1 is 1.26 bits per heavy atom. The number of amides is 1. The zero-order valence-corrected chi connectivity index (χ0v) is 16.2. The van der Waals surface area contributed by atoms with Crippen molar-refractivity contribution in [3.63, 3.8) is 0 Å². The van der Waals surface area contributed by atoms with Gasteiger partial charge < -0.3 is 4.90 Å². The number of fused-ring (bicyclic) bond motifs is 2. The van der Waals surface area contributed by atoms with Crippen LogP contribution in [0.15, 0.2) is 45.4 Å². The van der Waals surface area contributed by atoms with Crippen molar-refractivity contribution in [1.29, 1.82) is 0 Å². The average molecular weight is 379 g/mol. The van der Waals surface area contributed by atoms with E-state index in [0.29, 0.717) is 6.41 Å². The Morgan fingerprint density at radius 3 is 2.89 bits per heavy atom. The molecular weight excluding hydrogens is 358 g/mol. The van der Waals surface area contributed by atoms with E-state index in [0.717, 1.165) is 63.7 Å². The van der Waals surface area contributed by atoms with Gasteiger partial charge in [0.25, 0.3) is 0 Å². The summed E-state index contributed by atoms with van der Waals surface area (Å²) in [6.45, 7) is 8.21. The summed E-state index contributed by atoms with van der Waals surface area (Å²) in [4.78, 5) is 23.4. The quantitative estimate of drug-likeness (QED) is 0.363. The first-order valence-corrected chi connectivity index (χ1v) is 9.93. The standard InChI is InChI=1S/C20H21N5OS/c1-3-24(4-2)9-10-25-16-6-5-14(11-22-13-26)20-18(16)19(23-25)15-12-21-8-7-17(15)27-20/h5-8,11-13H,3-4,9-10H2,1-2H3. The van der Waals surface area contributed by atoms with Crippen LogP contribution in [-0.2, 0) is 11.3 Å². The van der Waals surface area contributed by atoms with Crippen LogP contribution in [0.5, 0.6) is 0 Å². The molecule has 6 nitrogen and oxygen atoms in total. The van der Waals surface area contributed by atoms with Gasteiger partial charge in [-0.25, -0.2) is 4.99 Å². The maximum absolute atomic E-state index is 10.7. The van der Waals surface area contributed by atoms with Crippen molar-refractivity contribution in [2.24, 2.45) is 4.99 Å². The molecule has 3 heterocycles. The van der Waals surface area contributed by atoms with Gasteiger partial charge in [0.15, 0.2) is 0 Å². The first kappa shape index (κ1) is 17.9. The lowest BCUT2D eigenvalue weighted by atomic mass is 10.1. The Bertz CT molecular complexity index is 1020. The molecule has 0 fully saturated rings. The monoisotopic (exact) mass is 379 g/mol. The van der Waals surface area contributed by atoms with Crippen LogP contribution < -0.4 is 0 Å². The summed E-state index contributed by atoms with van der Waals surface area (Å²) in [6, 6.07) is 6.10. The highest BCUT2D eigenvalue weighted by Gasteiger charge is 2.25. The zero-order chi connectivity index (χ0) is 18.8. The minimum Gasteiger partial charge on any atom is -0.302 e. The molecular formula is C20H21N5OS. The molecule has 0 atom stereocenters. The van der Waals surface area contributed by atoms with E-state index in [2.05, 4.69) is 39.5 Å². The predicted octanol–water partition coefficient (Wildman–Crippen LogP) is 3.48. The molecule has 7 heteroatoms. The van der Waals surface area contributed by atoms with E-state index in [1.807, 2.05) is 18.3 Å². The fraction of sp³-hybridized carbons (Fsp3) is 0.300. The van der Waals surface area contributed by atoms with Crippen LogP contribution in [0.3, 0.4) is 0 Å². The Labute approximate surface area is 162 Å². The Hall–Kier alpha value is -2.51. The maximum atomic E-state index is 10.7. The summed E-state index contributed by atoms with van der Waals surface area (Å²) in [7, 11) is 0. The summed E-state index contributed by atoms with van der Waals surface area (Å²) in [5, 5.41) is 6.07. The summed E-state index contributed by atoms with van der Waals surface area (Å²) < 4.78 is 2.09. The Morgan fingerprint density at radius 2 is 2.11 bits per heavy atom. The van der Waals surface area contributed by atoms with E-state index in [4.69, 9.17) is 5.10 Å². The Kier molecular flexibility index (Phi) is 5.05. The molecule has 0 saturated carbocycles. The van der Waals surface area contributed by atoms with Crippen molar-refractivity contribution in [2.45, 2.75) is 30.2 Å². The van der Waals surface area contributed by atoms with Crippen LogP contribution in [0.25, 0.3) is 22.2 Å². The van der Waals surface area contributed by atoms with Gasteiger partial charge >= 0.3 is 0 Å². The van der Waals surface area contributed by atoms with Gasteiger partial charge in [0.2, 0.25) is 6.41 Å². The second-order valence-electron chi connectivity index (χ2n) is 6.33. The number of carbonyl (C=O) groups is 1. The van der Waals surface area contributed by atoms with Crippen LogP contribution in [0, 0.1) is 0 Å². The largest absolute Gasteiger partial charge is 0.302 e. The lowest BCUT2D eigenvalue weighted by Gasteiger charge is -2.18. The smallest absolute Gasteiger partial charge is 0.232 e. The molecule has 0 N–H and O–H groups in total. The number of pyridine rings is 1. The Balaban J connectivity index is 1.86.